The standard InChI is InChI=1S/C21H36N4.HI/c1-5-12-25-13-10-19(11-14-25)16-24-21(22-4)23-15-18(3)20-8-6-17(2)7-9-20;/h6-9,18-19H,5,10-16H2,1-4H3,(H2,22,23,24);1H. The highest BCUT2D eigenvalue weighted by Gasteiger charge is 2.18. The van der Waals surface area contributed by atoms with Crippen LogP contribution in [0.4, 0.5) is 0 Å². The van der Waals surface area contributed by atoms with Crippen LogP contribution in [0, 0.1) is 12.8 Å². The Morgan fingerprint density at radius 1 is 1.19 bits per heavy atom. The van der Waals surface area contributed by atoms with Crippen molar-refractivity contribution in [3.63, 3.8) is 0 Å². The summed E-state index contributed by atoms with van der Waals surface area (Å²) in [5, 5.41) is 7.00. The molecule has 0 aliphatic carbocycles. The molecule has 1 aromatic carbocycles. The normalized spacial score (nSPS) is 17.5. The van der Waals surface area contributed by atoms with Gasteiger partial charge in [0.25, 0.3) is 0 Å². The Morgan fingerprint density at radius 3 is 2.42 bits per heavy atom. The molecule has 5 heteroatoms. The van der Waals surface area contributed by atoms with Crippen molar-refractivity contribution in [2.45, 2.75) is 46.0 Å². The largest absolute Gasteiger partial charge is 0.356 e. The molecule has 0 bridgehead atoms. The lowest BCUT2D eigenvalue weighted by molar-refractivity contribution is 0.185. The van der Waals surface area contributed by atoms with Gasteiger partial charge in [0.1, 0.15) is 0 Å². The van der Waals surface area contributed by atoms with Crippen LogP contribution >= 0.6 is 24.0 Å². The van der Waals surface area contributed by atoms with Crippen LogP contribution in [0.15, 0.2) is 29.3 Å². The summed E-state index contributed by atoms with van der Waals surface area (Å²) in [6.45, 7) is 12.3. The van der Waals surface area contributed by atoms with Crippen molar-refractivity contribution in [2.24, 2.45) is 10.9 Å². The fourth-order valence-electron chi connectivity index (χ4n) is 3.45. The van der Waals surface area contributed by atoms with E-state index in [4.69, 9.17) is 0 Å². The smallest absolute Gasteiger partial charge is 0.191 e. The zero-order valence-corrected chi connectivity index (χ0v) is 19.3. The summed E-state index contributed by atoms with van der Waals surface area (Å²) < 4.78 is 0. The molecular weight excluding hydrogens is 435 g/mol. The minimum absolute atomic E-state index is 0. The molecule has 0 saturated carbocycles. The van der Waals surface area contributed by atoms with Gasteiger partial charge in [-0.05, 0) is 63.2 Å². The van der Waals surface area contributed by atoms with Gasteiger partial charge >= 0.3 is 0 Å². The number of nitrogens with zero attached hydrogens (tertiary/aromatic N) is 2. The molecular formula is C21H37IN4. The first-order chi connectivity index (χ1) is 12.1. The number of guanidine groups is 1. The van der Waals surface area contributed by atoms with E-state index in [1.807, 2.05) is 7.05 Å². The van der Waals surface area contributed by atoms with E-state index in [1.54, 1.807) is 0 Å². The molecule has 2 N–H and O–H groups in total. The Kier molecular flexibility index (Phi) is 11.2. The van der Waals surface area contributed by atoms with Gasteiger partial charge in [0.15, 0.2) is 5.96 Å². The van der Waals surface area contributed by atoms with Crippen LogP contribution < -0.4 is 10.6 Å². The molecule has 2 rings (SSSR count). The Labute approximate surface area is 177 Å². The van der Waals surface area contributed by atoms with Crippen molar-refractivity contribution in [1.29, 1.82) is 0 Å². The summed E-state index contributed by atoms with van der Waals surface area (Å²) in [4.78, 5) is 6.97. The molecule has 0 amide bonds. The van der Waals surface area contributed by atoms with Crippen LogP contribution in [0.3, 0.4) is 0 Å². The molecule has 148 valence electrons. The summed E-state index contributed by atoms with van der Waals surface area (Å²) in [6.07, 6.45) is 3.85. The van der Waals surface area contributed by atoms with E-state index in [1.165, 1.54) is 50.0 Å². The molecule has 1 aliphatic rings. The summed E-state index contributed by atoms with van der Waals surface area (Å²) in [7, 11) is 1.86. The Morgan fingerprint density at radius 2 is 1.85 bits per heavy atom. The van der Waals surface area contributed by atoms with Gasteiger partial charge in [-0.2, -0.15) is 0 Å². The minimum atomic E-state index is 0. The number of halogens is 1. The molecule has 1 heterocycles. The van der Waals surface area contributed by atoms with E-state index in [2.05, 4.69) is 65.6 Å². The van der Waals surface area contributed by atoms with Crippen LogP contribution in [0.2, 0.25) is 0 Å². The summed E-state index contributed by atoms with van der Waals surface area (Å²) >= 11 is 0. The lowest BCUT2D eigenvalue weighted by Gasteiger charge is -2.32. The van der Waals surface area contributed by atoms with E-state index in [0.717, 1.165) is 25.0 Å². The first-order valence-corrected chi connectivity index (χ1v) is 9.85. The average molecular weight is 472 g/mol. The zero-order chi connectivity index (χ0) is 18.1. The highest BCUT2D eigenvalue weighted by atomic mass is 127. The molecule has 0 aromatic heterocycles. The van der Waals surface area contributed by atoms with Crippen molar-refractivity contribution in [3.8, 4) is 0 Å². The lowest BCUT2D eigenvalue weighted by Crippen LogP contribution is -2.43. The van der Waals surface area contributed by atoms with Crippen molar-refractivity contribution in [1.82, 2.24) is 15.5 Å². The number of likely N-dealkylation sites (tertiary alicyclic amines) is 1. The van der Waals surface area contributed by atoms with Gasteiger partial charge < -0.3 is 15.5 Å². The number of hydrogen-bond donors (Lipinski definition) is 2. The second-order valence-corrected chi connectivity index (χ2v) is 7.43. The number of rotatable bonds is 7. The summed E-state index contributed by atoms with van der Waals surface area (Å²) in [5.74, 6) is 2.16. The minimum Gasteiger partial charge on any atom is -0.356 e. The van der Waals surface area contributed by atoms with Gasteiger partial charge in [-0.3, -0.25) is 4.99 Å². The first kappa shape index (κ1) is 23.2. The van der Waals surface area contributed by atoms with Gasteiger partial charge in [-0.25, -0.2) is 0 Å². The maximum atomic E-state index is 4.38. The number of nitrogens with one attached hydrogen (secondary N) is 2. The van der Waals surface area contributed by atoms with Crippen molar-refractivity contribution < 1.29 is 0 Å². The number of benzene rings is 1. The third-order valence-electron chi connectivity index (χ3n) is 5.25. The Bertz CT molecular complexity index is 521. The number of aryl methyl sites for hydroxylation is 1. The molecule has 1 saturated heterocycles. The fourth-order valence-corrected chi connectivity index (χ4v) is 3.45. The van der Waals surface area contributed by atoms with E-state index in [9.17, 15) is 0 Å². The second-order valence-electron chi connectivity index (χ2n) is 7.43. The van der Waals surface area contributed by atoms with Crippen molar-refractivity contribution >= 4 is 29.9 Å². The molecule has 26 heavy (non-hydrogen) atoms. The molecule has 1 unspecified atom stereocenters. The van der Waals surface area contributed by atoms with Gasteiger partial charge in [0, 0.05) is 20.1 Å². The fraction of sp³-hybridized carbons (Fsp3) is 0.667. The summed E-state index contributed by atoms with van der Waals surface area (Å²) in [6, 6.07) is 8.82. The number of piperidine rings is 1. The highest BCUT2D eigenvalue weighted by molar-refractivity contribution is 14.0. The highest BCUT2D eigenvalue weighted by Crippen LogP contribution is 2.17. The topological polar surface area (TPSA) is 39.7 Å². The third kappa shape index (κ3) is 7.82. The second kappa shape index (κ2) is 12.5. The van der Waals surface area contributed by atoms with E-state index in [-0.39, 0.29) is 24.0 Å². The van der Waals surface area contributed by atoms with E-state index < -0.39 is 0 Å². The summed E-state index contributed by atoms with van der Waals surface area (Å²) in [5.41, 5.74) is 2.68. The van der Waals surface area contributed by atoms with E-state index in [0.29, 0.717) is 5.92 Å². The quantitative estimate of drug-likeness (QED) is 0.358. The van der Waals surface area contributed by atoms with Crippen LogP contribution in [-0.4, -0.2) is 50.6 Å². The zero-order valence-electron chi connectivity index (χ0n) is 16.9. The van der Waals surface area contributed by atoms with Crippen LogP contribution in [0.1, 0.15) is 50.2 Å². The van der Waals surface area contributed by atoms with Gasteiger partial charge in [0.2, 0.25) is 0 Å². The first-order valence-electron chi connectivity index (χ1n) is 9.85. The van der Waals surface area contributed by atoms with Crippen molar-refractivity contribution in [2.75, 3.05) is 39.8 Å². The molecule has 1 fully saturated rings. The predicted molar refractivity (Wildman–Crippen MR) is 124 cm³/mol. The third-order valence-corrected chi connectivity index (χ3v) is 5.25. The average Bonchev–Trinajstić information content (AvgIpc) is 2.63. The van der Waals surface area contributed by atoms with Crippen molar-refractivity contribution in [3.05, 3.63) is 35.4 Å². The van der Waals surface area contributed by atoms with Crippen LogP contribution in [0.5, 0.6) is 0 Å². The predicted octanol–water partition coefficient (Wildman–Crippen LogP) is 4.00. The van der Waals surface area contributed by atoms with Gasteiger partial charge in [0.05, 0.1) is 0 Å². The maximum absolute atomic E-state index is 4.38. The van der Waals surface area contributed by atoms with Crippen LogP contribution in [-0.2, 0) is 0 Å². The van der Waals surface area contributed by atoms with Crippen LogP contribution in [0.25, 0.3) is 0 Å². The Balaban J connectivity index is 0.00000338. The molecule has 1 aromatic rings. The van der Waals surface area contributed by atoms with E-state index >= 15 is 0 Å². The SMILES string of the molecule is CCCN1CCC(CNC(=NC)NCC(C)c2ccc(C)cc2)CC1.I. The molecule has 0 radical (unpaired) electrons. The molecule has 0 spiro atoms. The van der Waals surface area contributed by atoms with Gasteiger partial charge in [-0.15, -0.1) is 24.0 Å². The monoisotopic (exact) mass is 472 g/mol. The Hall–Kier alpha value is -0.820. The molecule has 1 aliphatic heterocycles. The maximum Gasteiger partial charge on any atom is 0.191 e. The molecule has 4 nitrogen and oxygen atoms in total. The number of aliphatic imine (C=N–C) groups is 1. The van der Waals surface area contributed by atoms with Gasteiger partial charge in [-0.1, -0.05) is 43.7 Å². The number of hydrogen-bond acceptors (Lipinski definition) is 2. The molecule has 1 atom stereocenters. The lowest BCUT2D eigenvalue weighted by atomic mass is 9.97.